The number of aromatic amines is 1. The molecular weight excluding hydrogens is 320 g/mol. The van der Waals surface area contributed by atoms with Gasteiger partial charge < -0.3 is 10.3 Å². The highest BCUT2D eigenvalue weighted by molar-refractivity contribution is 7.91. The minimum absolute atomic E-state index is 0.343. The van der Waals surface area contributed by atoms with Crippen LogP contribution in [0, 0.1) is 6.92 Å². The van der Waals surface area contributed by atoms with Crippen LogP contribution in [0.3, 0.4) is 0 Å². The maximum Gasteiger partial charge on any atom is 0.206 e. The molecular formula is C19H20N2O2S. The minimum atomic E-state index is -3.49. The van der Waals surface area contributed by atoms with Gasteiger partial charge in [-0.15, -0.1) is 0 Å². The number of sulfone groups is 1. The minimum Gasteiger partial charge on any atom is -0.358 e. The number of nitrogens with one attached hydrogen (secondary N) is 2. The number of rotatable bonds is 2. The van der Waals surface area contributed by atoms with Crippen molar-refractivity contribution < 1.29 is 8.42 Å². The highest BCUT2D eigenvalue weighted by atomic mass is 32.2. The molecule has 0 amide bonds. The standard InChI is InChI=1S/C19H20N2O2S/c1-13-2-4-14(5-3-13)24(22,23)15-6-7-18-17(12-15)16-8-10-20-11-9-19(16)21-18/h2-7,12,20-21H,8-11H2,1H3. The fraction of sp³-hybridized carbons (Fsp3) is 0.263. The molecule has 2 aromatic carbocycles. The van der Waals surface area contributed by atoms with Crippen LogP contribution in [0.15, 0.2) is 52.3 Å². The number of hydrogen-bond acceptors (Lipinski definition) is 3. The molecule has 0 radical (unpaired) electrons. The Hall–Kier alpha value is -2.11. The zero-order chi connectivity index (χ0) is 16.7. The third-order valence-corrected chi connectivity index (χ3v) is 6.48. The molecule has 3 aromatic rings. The van der Waals surface area contributed by atoms with Gasteiger partial charge in [0.2, 0.25) is 9.84 Å². The van der Waals surface area contributed by atoms with Gasteiger partial charge in [-0.3, -0.25) is 0 Å². The van der Waals surface area contributed by atoms with Crippen LogP contribution in [0.4, 0.5) is 0 Å². The molecule has 124 valence electrons. The van der Waals surface area contributed by atoms with Crippen LogP contribution in [0.2, 0.25) is 0 Å². The number of aryl methyl sites for hydroxylation is 1. The summed E-state index contributed by atoms with van der Waals surface area (Å²) < 4.78 is 25.8. The number of fused-ring (bicyclic) bond motifs is 3. The Morgan fingerprint density at radius 2 is 1.62 bits per heavy atom. The van der Waals surface area contributed by atoms with E-state index in [-0.39, 0.29) is 0 Å². The zero-order valence-corrected chi connectivity index (χ0v) is 14.4. The molecule has 1 aliphatic rings. The van der Waals surface area contributed by atoms with Crippen molar-refractivity contribution in [3.8, 4) is 0 Å². The zero-order valence-electron chi connectivity index (χ0n) is 13.6. The van der Waals surface area contributed by atoms with Gasteiger partial charge in [-0.25, -0.2) is 8.42 Å². The first-order chi connectivity index (χ1) is 11.6. The SMILES string of the molecule is Cc1ccc(S(=O)(=O)c2ccc3[nH]c4c(c3c2)CCNCC4)cc1. The van der Waals surface area contributed by atoms with Crippen molar-refractivity contribution in [2.75, 3.05) is 13.1 Å². The molecule has 4 nitrogen and oxygen atoms in total. The van der Waals surface area contributed by atoms with Crippen molar-refractivity contribution in [2.24, 2.45) is 0 Å². The monoisotopic (exact) mass is 340 g/mol. The van der Waals surface area contributed by atoms with E-state index >= 15 is 0 Å². The summed E-state index contributed by atoms with van der Waals surface area (Å²) in [6, 6.07) is 12.4. The molecule has 5 heteroatoms. The number of hydrogen-bond donors (Lipinski definition) is 2. The largest absolute Gasteiger partial charge is 0.358 e. The van der Waals surface area contributed by atoms with Gasteiger partial charge >= 0.3 is 0 Å². The van der Waals surface area contributed by atoms with E-state index in [0.29, 0.717) is 9.79 Å². The summed E-state index contributed by atoms with van der Waals surface area (Å²) in [4.78, 5) is 4.15. The van der Waals surface area contributed by atoms with E-state index in [1.54, 1.807) is 18.2 Å². The lowest BCUT2D eigenvalue weighted by Crippen LogP contribution is -2.16. The van der Waals surface area contributed by atoms with Gasteiger partial charge in [0.15, 0.2) is 0 Å². The molecule has 0 aliphatic carbocycles. The third-order valence-electron chi connectivity index (χ3n) is 4.71. The lowest BCUT2D eigenvalue weighted by Gasteiger charge is -2.06. The van der Waals surface area contributed by atoms with E-state index in [1.807, 2.05) is 31.2 Å². The molecule has 1 aliphatic heterocycles. The Balaban J connectivity index is 1.85. The summed E-state index contributed by atoms with van der Waals surface area (Å²) in [6.07, 6.45) is 1.87. The van der Waals surface area contributed by atoms with E-state index in [4.69, 9.17) is 0 Å². The molecule has 0 atom stereocenters. The van der Waals surface area contributed by atoms with Gasteiger partial charge in [0.1, 0.15) is 0 Å². The van der Waals surface area contributed by atoms with E-state index in [2.05, 4.69) is 10.3 Å². The summed E-state index contributed by atoms with van der Waals surface area (Å²) in [5, 5.41) is 4.41. The van der Waals surface area contributed by atoms with Gasteiger partial charge in [0.25, 0.3) is 0 Å². The van der Waals surface area contributed by atoms with Crippen LogP contribution < -0.4 is 5.32 Å². The third kappa shape index (κ3) is 2.54. The molecule has 2 N–H and O–H groups in total. The molecule has 0 saturated carbocycles. The molecule has 1 aromatic heterocycles. The van der Waals surface area contributed by atoms with Crippen molar-refractivity contribution in [1.82, 2.24) is 10.3 Å². The topological polar surface area (TPSA) is 62.0 Å². The predicted molar refractivity (Wildman–Crippen MR) is 95.2 cm³/mol. The second-order valence-corrected chi connectivity index (χ2v) is 8.31. The second-order valence-electron chi connectivity index (χ2n) is 6.36. The maximum atomic E-state index is 12.9. The van der Waals surface area contributed by atoms with Crippen LogP contribution in [0.25, 0.3) is 10.9 Å². The molecule has 0 saturated heterocycles. The summed E-state index contributed by atoms with van der Waals surface area (Å²) in [7, 11) is -3.49. The maximum absolute atomic E-state index is 12.9. The Bertz CT molecular complexity index is 1000. The van der Waals surface area contributed by atoms with Gasteiger partial charge in [0, 0.05) is 29.6 Å². The van der Waals surface area contributed by atoms with E-state index < -0.39 is 9.84 Å². The highest BCUT2D eigenvalue weighted by Crippen LogP contribution is 2.29. The molecule has 24 heavy (non-hydrogen) atoms. The Morgan fingerprint density at radius 3 is 2.42 bits per heavy atom. The normalized spacial score (nSPS) is 15.2. The quantitative estimate of drug-likeness (QED) is 0.754. The highest BCUT2D eigenvalue weighted by Gasteiger charge is 2.20. The first kappa shape index (κ1) is 15.4. The van der Waals surface area contributed by atoms with Gasteiger partial charge in [-0.2, -0.15) is 0 Å². The summed E-state index contributed by atoms with van der Waals surface area (Å²) in [5.41, 5.74) is 4.54. The lowest BCUT2D eigenvalue weighted by atomic mass is 10.1. The first-order valence-electron chi connectivity index (χ1n) is 8.22. The Labute approximate surface area is 141 Å². The molecule has 0 spiro atoms. The van der Waals surface area contributed by atoms with Crippen molar-refractivity contribution in [1.29, 1.82) is 0 Å². The number of benzene rings is 2. The van der Waals surface area contributed by atoms with E-state index in [0.717, 1.165) is 42.4 Å². The van der Waals surface area contributed by atoms with Crippen molar-refractivity contribution in [2.45, 2.75) is 29.6 Å². The van der Waals surface area contributed by atoms with Crippen LogP contribution >= 0.6 is 0 Å². The molecule has 0 bridgehead atoms. The van der Waals surface area contributed by atoms with Crippen LogP contribution in [0.5, 0.6) is 0 Å². The second kappa shape index (κ2) is 5.76. The predicted octanol–water partition coefficient (Wildman–Crippen LogP) is 3.00. The fourth-order valence-corrected chi connectivity index (χ4v) is 4.64. The summed E-state index contributed by atoms with van der Waals surface area (Å²) >= 11 is 0. The summed E-state index contributed by atoms with van der Waals surface area (Å²) in [5.74, 6) is 0. The Morgan fingerprint density at radius 1 is 0.917 bits per heavy atom. The number of H-pyrrole nitrogens is 1. The van der Waals surface area contributed by atoms with E-state index in [9.17, 15) is 8.42 Å². The van der Waals surface area contributed by atoms with Crippen LogP contribution in [-0.2, 0) is 22.7 Å². The molecule has 0 fully saturated rings. The van der Waals surface area contributed by atoms with Crippen LogP contribution in [0.1, 0.15) is 16.8 Å². The average molecular weight is 340 g/mol. The van der Waals surface area contributed by atoms with Crippen molar-refractivity contribution in [3.63, 3.8) is 0 Å². The van der Waals surface area contributed by atoms with Gasteiger partial charge in [-0.1, -0.05) is 17.7 Å². The molecule has 2 heterocycles. The molecule has 4 rings (SSSR count). The first-order valence-corrected chi connectivity index (χ1v) is 9.70. The molecule has 0 unspecified atom stereocenters. The Kier molecular flexibility index (Phi) is 3.70. The van der Waals surface area contributed by atoms with Crippen LogP contribution in [-0.4, -0.2) is 26.5 Å². The lowest BCUT2D eigenvalue weighted by molar-refractivity contribution is 0.596. The van der Waals surface area contributed by atoms with Gasteiger partial charge in [-0.05, 0) is 55.8 Å². The van der Waals surface area contributed by atoms with Gasteiger partial charge in [0.05, 0.1) is 9.79 Å². The fourth-order valence-electron chi connectivity index (χ4n) is 3.35. The summed E-state index contributed by atoms with van der Waals surface area (Å²) in [6.45, 7) is 3.83. The number of aromatic nitrogens is 1. The van der Waals surface area contributed by atoms with E-state index in [1.165, 1.54) is 11.3 Å². The smallest absolute Gasteiger partial charge is 0.206 e. The van der Waals surface area contributed by atoms with Crippen molar-refractivity contribution in [3.05, 3.63) is 59.3 Å². The average Bonchev–Trinajstić information content (AvgIpc) is 2.75. The van der Waals surface area contributed by atoms with Crippen molar-refractivity contribution >= 4 is 20.7 Å².